The molecule has 0 rings (SSSR count). The Labute approximate surface area is 68.6 Å². The largest absolute Gasteiger partial charge is 0.351 e. The van der Waals surface area contributed by atoms with E-state index in [1.165, 1.54) is 0 Å². The maximum atomic E-state index is 10.8. The predicted octanol–water partition coefficient (Wildman–Crippen LogP) is 1.58. The molecule has 0 fully saturated rings. The Morgan fingerprint density at radius 2 is 2.09 bits per heavy atom. The number of rotatable bonds is 4. The van der Waals surface area contributed by atoms with Crippen molar-refractivity contribution in [1.82, 2.24) is 4.90 Å². The van der Waals surface area contributed by atoms with Crippen molar-refractivity contribution in [1.29, 1.82) is 0 Å². The molecule has 3 nitrogen and oxygen atoms in total. The average molecular weight is 158 g/mol. The van der Waals surface area contributed by atoms with Crippen LogP contribution in [0.15, 0.2) is 0 Å². The van der Waals surface area contributed by atoms with Crippen LogP contribution in [0, 0.1) is 0 Å². The van der Waals surface area contributed by atoms with Gasteiger partial charge in [0.25, 0.3) is 0 Å². The number of primary amides is 1. The lowest BCUT2D eigenvalue weighted by atomic mass is 10.2. The van der Waals surface area contributed by atoms with Gasteiger partial charge in [-0.15, -0.1) is 0 Å². The summed E-state index contributed by atoms with van der Waals surface area (Å²) < 4.78 is 0. The lowest BCUT2D eigenvalue weighted by Gasteiger charge is -2.24. The van der Waals surface area contributed by atoms with E-state index in [9.17, 15) is 4.79 Å². The zero-order valence-corrected chi connectivity index (χ0v) is 7.63. The number of nitrogens with zero attached hydrogens (tertiary/aromatic N) is 1. The molecule has 0 unspecified atom stereocenters. The van der Waals surface area contributed by atoms with Gasteiger partial charge < -0.3 is 10.6 Å². The topological polar surface area (TPSA) is 46.3 Å². The number of carbonyl (C=O) groups is 1. The van der Waals surface area contributed by atoms with Gasteiger partial charge in [-0.1, -0.05) is 13.3 Å². The van der Waals surface area contributed by atoms with Crippen LogP contribution in [-0.2, 0) is 0 Å². The Kier molecular flexibility index (Phi) is 4.66. The highest BCUT2D eigenvalue weighted by molar-refractivity contribution is 5.72. The summed E-state index contributed by atoms with van der Waals surface area (Å²) in [5.41, 5.74) is 5.17. The van der Waals surface area contributed by atoms with Crippen LogP contribution >= 0.6 is 0 Å². The number of carbonyl (C=O) groups excluding carboxylic acids is 1. The summed E-state index contributed by atoms with van der Waals surface area (Å²) in [4.78, 5) is 12.5. The van der Waals surface area contributed by atoms with E-state index in [0.717, 1.165) is 19.4 Å². The molecule has 0 spiro atoms. The molecular weight excluding hydrogens is 140 g/mol. The second-order valence-corrected chi connectivity index (χ2v) is 2.98. The fourth-order valence-corrected chi connectivity index (χ4v) is 0.951. The maximum absolute atomic E-state index is 10.8. The van der Waals surface area contributed by atoms with Crippen LogP contribution in [0.5, 0.6) is 0 Å². The number of unbranched alkanes of at least 4 members (excludes halogenated alkanes) is 1. The number of urea groups is 1. The summed E-state index contributed by atoms with van der Waals surface area (Å²) in [7, 11) is 0. The molecule has 66 valence electrons. The molecule has 0 heterocycles. The van der Waals surface area contributed by atoms with Crippen molar-refractivity contribution in [2.75, 3.05) is 6.54 Å². The molecule has 0 aliphatic carbocycles. The van der Waals surface area contributed by atoms with Crippen molar-refractivity contribution in [3.05, 3.63) is 0 Å². The van der Waals surface area contributed by atoms with Gasteiger partial charge >= 0.3 is 6.03 Å². The molecule has 0 aliphatic heterocycles. The van der Waals surface area contributed by atoms with Crippen LogP contribution < -0.4 is 5.73 Å². The van der Waals surface area contributed by atoms with Gasteiger partial charge in [-0.05, 0) is 20.3 Å². The van der Waals surface area contributed by atoms with Gasteiger partial charge in [0.05, 0.1) is 0 Å². The van der Waals surface area contributed by atoms with Crippen LogP contribution in [0.1, 0.15) is 33.6 Å². The molecule has 0 aromatic carbocycles. The van der Waals surface area contributed by atoms with E-state index in [1.807, 2.05) is 13.8 Å². The Morgan fingerprint density at radius 1 is 1.55 bits per heavy atom. The minimum absolute atomic E-state index is 0.221. The van der Waals surface area contributed by atoms with Crippen LogP contribution in [-0.4, -0.2) is 23.5 Å². The van der Waals surface area contributed by atoms with Gasteiger partial charge in [0.2, 0.25) is 0 Å². The number of amides is 2. The highest BCUT2D eigenvalue weighted by atomic mass is 16.2. The van der Waals surface area contributed by atoms with Crippen molar-refractivity contribution in [3.8, 4) is 0 Å². The Morgan fingerprint density at radius 3 is 2.36 bits per heavy atom. The van der Waals surface area contributed by atoms with Crippen LogP contribution in [0.3, 0.4) is 0 Å². The predicted molar refractivity (Wildman–Crippen MR) is 46.3 cm³/mol. The standard InChI is InChI=1S/C8H18N2O/c1-4-5-6-10(7(2)3)8(9)11/h7H,4-6H2,1-3H3,(H2,9,11). The molecule has 2 amide bonds. The van der Waals surface area contributed by atoms with E-state index < -0.39 is 0 Å². The Balaban J connectivity index is 3.80. The van der Waals surface area contributed by atoms with Crippen molar-refractivity contribution in [2.45, 2.75) is 39.7 Å². The Bertz CT molecular complexity index is 123. The third-order valence-electron chi connectivity index (χ3n) is 1.66. The molecule has 0 saturated carbocycles. The quantitative estimate of drug-likeness (QED) is 0.663. The maximum Gasteiger partial charge on any atom is 0.315 e. The van der Waals surface area contributed by atoms with E-state index in [-0.39, 0.29) is 12.1 Å². The van der Waals surface area contributed by atoms with Gasteiger partial charge in [-0.25, -0.2) is 4.79 Å². The van der Waals surface area contributed by atoms with Crippen molar-refractivity contribution in [2.24, 2.45) is 5.73 Å². The molecule has 0 atom stereocenters. The summed E-state index contributed by atoms with van der Waals surface area (Å²) in [6, 6.07) is -0.0903. The molecule has 0 aromatic rings. The fraction of sp³-hybridized carbons (Fsp3) is 0.875. The molecule has 0 saturated heterocycles. The zero-order valence-electron chi connectivity index (χ0n) is 7.63. The minimum Gasteiger partial charge on any atom is -0.351 e. The van der Waals surface area contributed by atoms with E-state index in [2.05, 4.69) is 6.92 Å². The fourth-order valence-electron chi connectivity index (χ4n) is 0.951. The smallest absolute Gasteiger partial charge is 0.315 e. The number of hydrogen-bond donors (Lipinski definition) is 1. The molecule has 2 N–H and O–H groups in total. The molecule has 0 aliphatic rings. The van der Waals surface area contributed by atoms with E-state index in [0.29, 0.717) is 0 Å². The molecule has 0 radical (unpaired) electrons. The summed E-state index contributed by atoms with van der Waals surface area (Å²) >= 11 is 0. The lowest BCUT2D eigenvalue weighted by Crippen LogP contribution is -2.41. The van der Waals surface area contributed by atoms with E-state index in [4.69, 9.17) is 5.73 Å². The molecular formula is C8H18N2O. The van der Waals surface area contributed by atoms with E-state index in [1.54, 1.807) is 4.90 Å². The van der Waals surface area contributed by atoms with Gasteiger partial charge in [-0.2, -0.15) is 0 Å². The lowest BCUT2D eigenvalue weighted by molar-refractivity contribution is 0.192. The van der Waals surface area contributed by atoms with E-state index >= 15 is 0 Å². The first kappa shape index (κ1) is 10.3. The SMILES string of the molecule is CCCCN(C(N)=O)C(C)C. The molecule has 3 heteroatoms. The normalized spacial score (nSPS) is 10.2. The summed E-state index contributed by atoms with van der Waals surface area (Å²) in [5.74, 6) is 0. The van der Waals surface area contributed by atoms with Crippen molar-refractivity contribution in [3.63, 3.8) is 0 Å². The zero-order chi connectivity index (χ0) is 8.85. The van der Waals surface area contributed by atoms with Crippen LogP contribution in [0.2, 0.25) is 0 Å². The first-order valence-electron chi connectivity index (χ1n) is 4.15. The summed E-state index contributed by atoms with van der Waals surface area (Å²) in [6.07, 6.45) is 2.12. The molecule has 0 aromatic heterocycles. The second kappa shape index (κ2) is 4.99. The van der Waals surface area contributed by atoms with Gasteiger partial charge in [0.1, 0.15) is 0 Å². The first-order chi connectivity index (χ1) is 5.09. The second-order valence-electron chi connectivity index (χ2n) is 2.98. The third-order valence-corrected chi connectivity index (χ3v) is 1.66. The van der Waals surface area contributed by atoms with Crippen molar-refractivity contribution >= 4 is 6.03 Å². The molecule has 0 bridgehead atoms. The monoisotopic (exact) mass is 158 g/mol. The number of hydrogen-bond acceptors (Lipinski definition) is 1. The summed E-state index contributed by atoms with van der Waals surface area (Å²) in [5, 5.41) is 0. The highest BCUT2D eigenvalue weighted by Gasteiger charge is 2.11. The Hall–Kier alpha value is -0.730. The van der Waals surface area contributed by atoms with Gasteiger partial charge in [0.15, 0.2) is 0 Å². The van der Waals surface area contributed by atoms with Crippen molar-refractivity contribution < 1.29 is 4.79 Å². The molecule has 11 heavy (non-hydrogen) atoms. The average Bonchev–Trinajstić information content (AvgIpc) is 1.87. The minimum atomic E-state index is -0.312. The summed E-state index contributed by atoms with van der Waals surface area (Å²) in [6.45, 7) is 6.82. The van der Waals surface area contributed by atoms with Crippen LogP contribution in [0.4, 0.5) is 4.79 Å². The van der Waals surface area contributed by atoms with Crippen LogP contribution in [0.25, 0.3) is 0 Å². The first-order valence-corrected chi connectivity index (χ1v) is 4.15. The van der Waals surface area contributed by atoms with Gasteiger partial charge in [-0.3, -0.25) is 0 Å². The third kappa shape index (κ3) is 3.86. The number of nitrogens with two attached hydrogens (primary N) is 1. The van der Waals surface area contributed by atoms with Gasteiger partial charge in [0, 0.05) is 12.6 Å². The highest BCUT2D eigenvalue weighted by Crippen LogP contribution is 2.00.